The second-order valence-corrected chi connectivity index (χ2v) is 4.69. The van der Waals surface area contributed by atoms with Crippen molar-refractivity contribution in [1.29, 1.82) is 0 Å². The van der Waals surface area contributed by atoms with Crippen molar-refractivity contribution in [1.82, 2.24) is 4.98 Å². The fourth-order valence-electron chi connectivity index (χ4n) is 1.39. The SMILES string of the molecule is CCOC(=O)Cc1c(I)cc(OC(F)(F)F)nc1CF. The van der Waals surface area contributed by atoms with Gasteiger partial charge in [-0.2, -0.15) is 0 Å². The highest BCUT2D eigenvalue weighted by Gasteiger charge is 2.32. The number of aromatic nitrogens is 1. The Morgan fingerprint density at radius 3 is 2.60 bits per heavy atom. The summed E-state index contributed by atoms with van der Waals surface area (Å²) in [5.74, 6) is -1.37. The average Bonchev–Trinajstić information content (AvgIpc) is 2.30. The summed E-state index contributed by atoms with van der Waals surface area (Å²) < 4.78 is 57.7. The molecule has 0 saturated carbocycles. The molecular formula is C11H10F4INO3. The fourth-order valence-corrected chi connectivity index (χ4v) is 2.16. The van der Waals surface area contributed by atoms with E-state index in [-0.39, 0.29) is 27.9 Å². The van der Waals surface area contributed by atoms with E-state index in [0.29, 0.717) is 0 Å². The van der Waals surface area contributed by atoms with Gasteiger partial charge in [-0.15, -0.1) is 13.2 Å². The Hall–Kier alpha value is -1.13. The smallest absolute Gasteiger partial charge is 0.466 e. The van der Waals surface area contributed by atoms with Crippen LogP contribution in [0, 0.1) is 3.57 Å². The van der Waals surface area contributed by atoms with E-state index in [9.17, 15) is 22.4 Å². The topological polar surface area (TPSA) is 48.4 Å². The Labute approximate surface area is 125 Å². The molecule has 1 aromatic heterocycles. The van der Waals surface area contributed by atoms with Gasteiger partial charge in [-0.25, -0.2) is 9.37 Å². The quantitative estimate of drug-likeness (QED) is 0.428. The van der Waals surface area contributed by atoms with Crippen LogP contribution in [0.3, 0.4) is 0 Å². The van der Waals surface area contributed by atoms with Crippen molar-refractivity contribution in [2.45, 2.75) is 26.4 Å². The Kier molecular flexibility index (Phi) is 5.96. The molecule has 9 heteroatoms. The molecule has 0 unspecified atom stereocenters. The second-order valence-electron chi connectivity index (χ2n) is 3.53. The van der Waals surface area contributed by atoms with Crippen LogP contribution in [0.15, 0.2) is 6.07 Å². The number of carbonyl (C=O) groups excluding carboxylic acids is 1. The standard InChI is InChI=1S/C11H10F4INO3/c1-2-19-10(18)3-6-7(16)4-9(17-8(6)5-12)20-11(13,14)15/h4H,2-3,5H2,1H3. The van der Waals surface area contributed by atoms with Crippen molar-refractivity contribution < 1.29 is 31.8 Å². The van der Waals surface area contributed by atoms with Gasteiger partial charge in [-0.05, 0) is 29.5 Å². The van der Waals surface area contributed by atoms with Crippen LogP contribution >= 0.6 is 22.6 Å². The van der Waals surface area contributed by atoms with Crippen molar-refractivity contribution in [3.63, 3.8) is 0 Å². The number of alkyl halides is 4. The van der Waals surface area contributed by atoms with Crippen molar-refractivity contribution in [3.8, 4) is 5.88 Å². The van der Waals surface area contributed by atoms with Crippen LogP contribution in [-0.4, -0.2) is 23.9 Å². The molecule has 0 fully saturated rings. The van der Waals surface area contributed by atoms with Crippen LogP contribution in [0.2, 0.25) is 0 Å². The van der Waals surface area contributed by atoms with Crippen molar-refractivity contribution in [3.05, 3.63) is 20.9 Å². The maximum absolute atomic E-state index is 12.9. The largest absolute Gasteiger partial charge is 0.574 e. The van der Waals surface area contributed by atoms with Crippen LogP contribution in [0.5, 0.6) is 5.88 Å². The molecule has 4 nitrogen and oxygen atoms in total. The van der Waals surface area contributed by atoms with Gasteiger partial charge in [0, 0.05) is 15.2 Å². The summed E-state index contributed by atoms with van der Waals surface area (Å²) in [7, 11) is 0. The number of hydrogen-bond donors (Lipinski definition) is 0. The average molecular weight is 407 g/mol. The van der Waals surface area contributed by atoms with Crippen LogP contribution in [0.1, 0.15) is 18.2 Å². The van der Waals surface area contributed by atoms with Crippen LogP contribution < -0.4 is 4.74 Å². The van der Waals surface area contributed by atoms with Gasteiger partial charge in [0.1, 0.15) is 6.67 Å². The van der Waals surface area contributed by atoms with E-state index in [2.05, 4.69) is 9.72 Å². The normalized spacial score (nSPS) is 11.3. The van der Waals surface area contributed by atoms with Gasteiger partial charge in [0.05, 0.1) is 18.7 Å². The minimum absolute atomic E-state index is 0.156. The molecule has 112 valence electrons. The maximum Gasteiger partial charge on any atom is 0.574 e. The molecule has 20 heavy (non-hydrogen) atoms. The zero-order valence-electron chi connectivity index (χ0n) is 10.3. The van der Waals surface area contributed by atoms with Crippen molar-refractivity contribution >= 4 is 28.6 Å². The maximum atomic E-state index is 12.9. The molecule has 1 heterocycles. The molecule has 0 aliphatic carbocycles. The molecule has 0 spiro atoms. The highest BCUT2D eigenvalue weighted by Crippen LogP contribution is 2.26. The number of nitrogens with zero attached hydrogens (tertiary/aromatic N) is 1. The van der Waals surface area contributed by atoms with Crippen molar-refractivity contribution in [2.75, 3.05) is 6.61 Å². The summed E-state index contributed by atoms with van der Waals surface area (Å²) in [6.45, 7) is 0.653. The van der Waals surface area contributed by atoms with Crippen molar-refractivity contribution in [2.24, 2.45) is 0 Å². The molecule has 0 aromatic carbocycles. The minimum atomic E-state index is -4.91. The van der Waals surface area contributed by atoms with E-state index in [1.807, 2.05) is 0 Å². The van der Waals surface area contributed by atoms with Gasteiger partial charge < -0.3 is 9.47 Å². The first-order valence-corrected chi connectivity index (χ1v) is 6.50. The molecule has 0 bridgehead atoms. The van der Waals surface area contributed by atoms with Crippen LogP contribution in [0.25, 0.3) is 0 Å². The van der Waals surface area contributed by atoms with Gasteiger partial charge in [0.15, 0.2) is 0 Å². The molecule has 0 N–H and O–H groups in total. The summed E-state index contributed by atoms with van der Waals surface area (Å²) >= 11 is 1.69. The molecular weight excluding hydrogens is 397 g/mol. The van der Waals surface area contributed by atoms with E-state index in [1.165, 1.54) is 0 Å². The summed E-state index contributed by atoms with van der Waals surface area (Å²) in [4.78, 5) is 14.8. The van der Waals surface area contributed by atoms with Gasteiger partial charge in [0.25, 0.3) is 0 Å². The first kappa shape index (κ1) is 16.9. The third kappa shape index (κ3) is 5.10. The molecule has 0 amide bonds. The summed E-state index contributed by atoms with van der Waals surface area (Å²) in [5, 5.41) is 0. The predicted molar refractivity (Wildman–Crippen MR) is 68.8 cm³/mol. The first-order valence-electron chi connectivity index (χ1n) is 5.42. The number of rotatable bonds is 5. The molecule has 0 radical (unpaired) electrons. The molecule has 0 aliphatic heterocycles. The second kappa shape index (κ2) is 7.04. The summed E-state index contributed by atoms with van der Waals surface area (Å²) in [6.07, 6.45) is -5.17. The Morgan fingerprint density at radius 2 is 2.10 bits per heavy atom. The lowest BCUT2D eigenvalue weighted by molar-refractivity contribution is -0.276. The molecule has 0 saturated heterocycles. The van der Waals surface area contributed by atoms with Gasteiger partial charge >= 0.3 is 12.3 Å². The zero-order valence-corrected chi connectivity index (χ0v) is 12.4. The van der Waals surface area contributed by atoms with E-state index >= 15 is 0 Å². The Morgan fingerprint density at radius 1 is 1.45 bits per heavy atom. The van der Waals surface area contributed by atoms with E-state index in [0.717, 1.165) is 6.07 Å². The third-order valence-electron chi connectivity index (χ3n) is 2.11. The lowest BCUT2D eigenvalue weighted by Crippen LogP contribution is -2.19. The van der Waals surface area contributed by atoms with E-state index in [4.69, 9.17) is 4.74 Å². The monoisotopic (exact) mass is 407 g/mol. The number of carbonyl (C=O) groups is 1. The van der Waals surface area contributed by atoms with Crippen LogP contribution in [-0.2, 0) is 22.6 Å². The first-order chi connectivity index (χ1) is 9.26. The van der Waals surface area contributed by atoms with E-state index in [1.54, 1.807) is 29.5 Å². The lowest BCUT2D eigenvalue weighted by Gasteiger charge is -2.13. The highest BCUT2D eigenvalue weighted by molar-refractivity contribution is 14.1. The van der Waals surface area contributed by atoms with Gasteiger partial charge in [-0.3, -0.25) is 4.79 Å². The molecule has 0 aliphatic rings. The number of esters is 1. The Bertz CT molecular complexity index is 493. The lowest BCUT2D eigenvalue weighted by atomic mass is 10.1. The number of pyridine rings is 1. The molecule has 0 atom stereocenters. The van der Waals surface area contributed by atoms with Gasteiger partial charge in [0.2, 0.25) is 5.88 Å². The highest BCUT2D eigenvalue weighted by atomic mass is 127. The number of hydrogen-bond acceptors (Lipinski definition) is 4. The molecule has 1 rings (SSSR count). The predicted octanol–water partition coefficient (Wildman–Crippen LogP) is 3.16. The van der Waals surface area contributed by atoms with Crippen LogP contribution in [0.4, 0.5) is 17.6 Å². The number of halogens is 5. The summed E-state index contributed by atoms with van der Waals surface area (Å²) in [6, 6.07) is 0.988. The number of ether oxygens (including phenoxy) is 2. The summed E-state index contributed by atoms with van der Waals surface area (Å²) in [5.41, 5.74) is -0.0784. The van der Waals surface area contributed by atoms with E-state index < -0.39 is 24.9 Å². The zero-order chi connectivity index (χ0) is 15.3. The minimum Gasteiger partial charge on any atom is -0.466 e. The Balaban J connectivity index is 3.05. The third-order valence-corrected chi connectivity index (χ3v) is 3.07. The fraction of sp³-hybridized carbons (Fsp3) is 0.455. The van der Waals surface area contributed by atoms with Gasteiger partial charge in [-0.1, -0.05) is 0 Å². The molecule has 1 aromatic rings.